The van der Waals surface area contributed by atoms with Crippen LogP contribution < -0.4 is 20.3 Å². The number of piperazine rings is 1. The van der Waals surface area contributed by atoms with E-state index in [0.717, 1.165) is 12.8 Å². The van der Waals surface area contributed by atoms with Gasteiger partial charge in [-0.05, 0) is 49.6 Å². The average Bonchev–Trinajstić information content (AvgIpc) is 2.91. The molecule has 8 nitrogen and oxygen atoms in total. The zero-order valence-electron chi connectivity index (χ0n) is 22.2. The van der Waals surface area contributed by atoms with Gasteiger partial charge in [0.1, 0.15) is 28.6 Å². The maximum atomic E-state index is 14.1. The fourth-order valence-electron chi connectivity index (χ4n) is 5.14. The molecule has 1 aromatic heterocycles. The molecular formula is C29H34FN3O5. The maximum Gasteiger partial charge on any atom is 0.264 e. The van der Waals surface area contributed by atoms with Crippen LogP contribution in [0.1, 0.15) is 48.3 Å². The second kappa shape index (κ2) is 11.3. The third kappa shape index (κ3) is 4.86. The third-order valence-electron chi connectivity index (χ3n) is 7.23. The average molecular weight is 524 g/mol. The molecular weight excluding hydrogens is 489 g/mol. The number of aromatic hydroxyl groups is 1. The van der Waals surface area contributed by atoms with Crippen molar-refractivity contribution in [2.75, 3.05) is 33.9 Å². The highest BCUT2D eigenvalue weighted by Crippen LogP contribution is 2.45. The topological polar surface area (TPSA) is 104 Å². The monoisotopic (exact) mass is 523 g/mol. The van der Waals surface area contributed by atoms with E-state index in [1.54, 1.807) is 35.2 Å². The van der Waals surface area contributed by atoms with Gasteiger partial charge in [-0.25, -0.2) is 4.39 Å². The fraction of sp³-hybridized carbons (Fsp3) is 0.379. The Labute approximate surface area is 221 Å². The van der Waals surface area contributed by atoms with Crippen LogP contribution in [0.3, 0.4) is 0 Å². The summed E-state index contributed by atoms with van der Waals surface area (Å²) in [5.41, 5.74) is 0.0456. The summed E-state index contributed by atoms with van der Waals surface area (Å²) in [7, 11) is 3.02. The van der Waals surface area contributed by atoms with E-state index in [9.17, 15) is 19.1 Å². The molecule has 2 aromatic carbocycles. The normalized spacial score (nSPS) is 17.3. The van der Waals surface area contributed by atoms with E-state index < -0.39 is 22.8 Å². The van der Waals surface area contributed by atoms with Gasteiger partial charge in [-0.15, -0.1) is 0 Å². The van der Waals surface area contributed by atoms with Crippen molar-refractivity contribution in [3.63, 3.8) is 0 Å². The van der Waals surface area contributed by atoms with Crippen LogP contribution in [-0.4, -0.2) is 54.8 Å². The van der Waals surface area contributed by atoms with Gasteiger partial charge in [0.05, 0.1) is 30.9 Å². The molecule has 3 N–H and O–H groups in total. The Bertz CT molecular complexity index is 1350. The van der Waals surface area contributed by atoms with Gasteiger partial charge < -0.3 is 29.8 Å². The first kappa shape index (κ1) is 27.2. The summed E-state index contributed by atoms with van der Waals surface area (Å²) in [6, 6.07) is 11.2. The lowest BCUT2D eigenvalue weighted by Gasteiger charge is -2.45. The lowest BCUT2D eigenvalue weighted by molar-refractivity contribution is 0.0411. The zero-order valence-corrected chi connectivity index (χ0v) is 22.2. The Morgan fingerprint density at radius 3 is 2.37 bits per heavy atom. The molecule has 202 valence electrons. The van der Waals surface area contributed by atoms with Crippen LogP contribution in [-0.2, 0) is 12.0 Å². The summed E-state index contributed by atoms with van der Waals surface area (Å²) < 4.78 is 24.8. The fourth-order valence-corrected chi connectivity index (χ4v) is 5.14. The summed E-state index contributed by atoms with van der Waals surface area (Å²) in [5, 5.41) is 15.0. The molecule has 1 aliphatic rings. The summed E-state index contributed by atoms with van der Waals surface area (Å²) in [5.74, 6) is -0.560. The highest BCUT2D eigenvalue weighted by Gasteiger charge is 2.41. The molecule has 0 radical (unpaired) electrons. The molecule has 3 aromatic rings. The number of hydrogen-bond acceptors (Lipinski definition) is 6. The van der Waals surface area contributed by atoms with Crippen molar-refractivity contribution in [3.05, 3.63) is 75.5 Å². The Balaban J connectivity index is 1.92. The van der Waals surface area contributed by atoms with Crippen molar-refractivity contribution < 1.29 is 23.8 Å². The number of H-pyrrole nitrogens is 1. The Morgan fingerprint density at radius 1 is 1.11 bits per heavy atom. The van der Waals surface area contributed by atoms with E-state index in [0.29, 0.717) is 53.4 Å². The number of aryl methyl sites for hydroxylation is 1. The number of methoxy groups -OCH3 is 2. The molecule has 0 aliphatic carbocycles. The molecule has 0 bridgehead atoms. The zero-order chi connectivity index (χ0) is 27.4. The van der Waals surface area contributed by atoms with Gasteiger partial charge >= 0.3 is 0 Å². The number of aromatic amines is 1. The number of pyridine rings is 1. The molecule has 0 saturated carbocycles. The van der Waals surface area contributed by atoms with Gasteiger partial charge in [-0.3, -0.25) is 9.59 Å². The summed E-state index contributed by atoms with van der Waals surface area (Å²) in [6.45, 7) is 5.07. The molecule has 1 fully saturated rings. The Morgan fingerprint density at radius 2 is 1.76 bits per heavy atom. The molecule has 1 aliphatic heterocycles. The predicted octanol–water partition coefficient (Wildman–Crippen LogP) is 4.21. The quantitative estimate of drug-likeness (QED) is 0.409. The van der Waals surface area contributed by atoms with E-state index in [2.05, 4.69) is 10.3 Å². The smallest absolute Gasteiger partial charge is 0.264 e. The minimum absolute atomic E-state index is 0.288. The summed E-state index contributed by atoms with van der Waals surface area (Å²) in [6.07, 6.45) is 2.10. The van der Waals surface area contributed by atoms with Gasteiger partial charge in [0, 0.05) is 25.3 Å². The largest absolute Gasteiger partial charge is 0.506 e. The number of halogens is 1. The number of nitrogens with zero attached hydrogens (tertiary/aromatic N) is 1. The molecule has 38 heavy (non-hydrogen) atoms. The summed E-state index contributed by atoms with van der Waals surface area (Å²) in [4.78, 5) is 31.9. The second-order valence-corrected chi connectivity index (χ2v) is 9.59. The van der Waals surface area contributed by atoms with Crippen LogP contribution in [0, 0.1) is 5.82 Å². The number of nitrogens with one attached hydrogen (secondary N) is 2. The SMILES string of the molecule is CCCCc1[nH]c(=O)c(C(=O)N2CCNCC2(C)c2ccc(F)cc2)c(O)c1-c1c(OC)cccc1OC. The lowest BCUT2D eigenvalue weighted by atomic mass is 9.87. The van der Waals surface area contributed by atoms with Crippen LogP contribution >= 0.6 is 0 Å². The highest BCUT2D eigenvalue weighted by atomic mass is 19.1. The number of ether oxygens (including phenoxy) is 2. The first-order valence-corrected chi connectivity index (χ1v) is 12.7. The van der Waals surface area contributed by atoms with E-state index in [4.69, 9.17) is 9.47 Å². The maximum absolute atomic E-state index is 14.1. The number of aromatic nitrogens is 1. The van der Waals surface area contributed by atoms with Gasteiger partial charge in [0.25, 0.3) is 11.5 Å². The molecule has 1 unspecified atom stereocenters. The highest BCUT2D eigenvalue weighted by molar-refractivity contribution is 6.00. The van der Waals surface area contributed by atoms with E-state index >= 15 is 0 Å². The molecule has 1 saturated heterocycles. The van der Waals surface area contributed by atoms with E-state index in [1.165, 1.54) is 26.4 Å². The van der Waals surface area contributed by atoms with Crippen LogP contribution in [0.4, 0.5) is 4.39 Å². The van der Waals surface area contributed by atoms with Crippen molar-refractivity contribution in [2.45, 2.75) is 38.6 Å². The molecule has 1 atom stereocenters. The van der Waals surface area contributed by atoms with Crippen LogP contribution in [0.25, 0.3) is 11.1 Å². The minimum Gasteiger partial charge on any atom is -0.506 e. The molecule has 9 heteroatoms. The van der Waals surface area contributed by atoms with Crippen molar-refractivity contribution >= 4 is 5.91 Å². The predicted molar refractivity (Wildman–Crippen MR) is 144 cm³/mol. The Hall–Kier alpha value is -3.85. The van der Waals surface area contributed by atoms with Gasteiger partial charge in [-0.1, -0.05) is 31.5 Å². The second-order valence-electron chi connectivity index (χ2n) is 9.59. The van der Waals surface area contributed by atoms with Gasteiger partial charge in [-0.2, -0.15) is 0 Å². The molecule has 1 amide bonds. The number of carbonyl (C=O) groups is 1. The Kier molecular flexibility index (Phi) is 8.06. The number of rotatable bonds is 8. The number of benzene rings is 2. The van der Waals surface area contributed by atoms with Crippen molar-refractivity contribution in [2.24, 2.45) is 0 Å². The standard InChI is InChI=1S/C29H34FN3O5/c1-5-6-8-20-23(24-21(37-3)9-7-10-22(24)38-4)26(34)25(27(35)32-20)28(36)33-16-15-31-17-29(33,2)18-11-13-19(30)14-12-18/h7,9-14,31H,5-6,8,15-17H2,1-4H3,(H2,32,34,35). The minimum atomic E-state index is -0.884. The third-order valence-corrected chi connectivity index (χ3v) is 7.23. The number of hydrogen-bond donors (Lipinski definition) is 3. The number of unbranched alkanes of at least 4 members (excludes halogenated alkanes) is 1. The first-order chi connectivity index (χ1) is 18.3. The van der Waals surface area contributed by atoms with Crippen molar-refractivity contribution in [3.8, 4) is 28.4 Å². The number of amides is 1. The summed E-state index contributed by atoms with van der Waals surface area (Å²) >= 11 is 0. The van der Waals surface area contributed by atoms with Crippen LogP contribution in [0.15, 0.2) is 47.3 Å². The lowest BCUT2D eigenvalue weighted by Crippen LogP contribution is -2.60. The van der Waals surface area contributed by atoms with Gasteiger partial charge in [0.15, 0.2) is 0 Å². The van der Waals surface area contributed by atoms with Gasteiger partial charge in [0.2, 0.25) is 0 Å². The first-order valence-electron chi connectivity index (χ1n) is 12.7. The van der Waals surface area contributed by atoms with Crippen molar-refractivity contribution in [1.82, 2.24) is 15.2 Å². The van der Waals surface area contributed by atoms with E-state index in [1.807, 2.05) is 13.8 Å². The number of carbonyl (C=O) groups excluding carboxylic acids is 1. The molecule has 2 heterocycles. The van der Waals surface area contributed by atoms with E-state index in [-0.39, 0.29) is 17.9 Å². The van der Waals surface area contributed by atoms with Crippen molar-refractivity contribution in [1.29, 1.82) is 0 Å². The van der Waals surface area contributed by atoms with Crippen LogP contribution in [0.2, 0.25) is 0 Å². The van der Waals surface area contributed by atoms with Crippen LogP contribution in [0.5, 0.6) is 17.2 Å². The molecule has 0 spiro atoms. The molecule has 4 rings (SSSR count).